The number of piperazine rings is 1. The van der Waals surface area contributed by atoms with Crippen molar-refractivity contribution in [3.63, 3.8) is 0 Å². The fourth-order valence-electron chi connectivity index (χ4n) is 2.86. The smallest absolute Gasteiger partial charge is 0.145 e. The summed E-state index contributed by atoms with van der Waals surface area (Å²) in [6.07, 6.45) is 5.46. The molecule has 2 fully saturated rings. The Bertz CT molecular complexity index is 366. The van der Waals surface area contributed by atoms with Crippen LogP contribution in [0.3, 0.4) is 0 Å². The second-order valence-corrected chi connectivity index (χ2v) is 4.68. The van der Waals surface area contributed by atoms with Gasteiger partial charge in [-0.3, -0.25) is 9.88 Å². The lowest BCUT2D eigenvalue weighted by molar-refractivity contribution is 0.143. The zero-order valence-electron chi connectivity index (χ0n) is 9.19. The van der Waals surface area contributed by atoms with Crippen molar-refractivity contribution in [2.45, 2.75) is 31.5 Å². The molecular formula is C12H16FN3. The van der Waals surface area contributed by atoms with Gasteiger partial charge in [-0.1, -0.05) is 0 Å². The van der Waals surface area contributed by atoms with E-state index in [-0.39, 0.29) is 5.82 Å². The van der Waals surface area contributed by atoms with Gasteiger partial charge in [-0.2, -0.15) is 0 Å². The average Bonchev–Trinajstić information content (AvgIpc) is 2.53. The summed E-state index contributed by atoms with van der Waals surface area (Å²) in [5, 5.41) is 3.43. The van der Waals surface area contributed by atoms with E-state index >= 15 is 0 Å². The summed E-state index contributed by atoms with van der Waals surface area (Å²) >= 11 is 0. The quantitative estimate of drug-likeness (QED) is 0.812. The molecule has 0 aliphatic carbocycles. The van der Waals surface area contributed by atoms with Crippen LogP contribution in [0, 0.1) is 5.82 Å². The van der Waals surface area contributed by atoms with Crippen molar-refractivity contribution in [3.05, 3.63) is 29.8 Å². The lowest BCUT2D eigenvalue weighted by Crippen LogP contribution is -2.51. The Morgan fingerprint density at radius 1 is 1.38 bits per heavy atom. The molecule has 3 heterocycles. The number of nitrogens with one attached hydrogen (secondary N) is 1. The fourth-order valence-corrected chi connectivity index (χ4v) is 2.86. The number of hydrogen-bond acceptors (Lipinski definition) is 3. The van der Waals surface area contributed by atoms with Crippen molar-refractivity contribution in [1.29, 1.82) is 0 Å². The highest BCUT2D eigenvalue weighted by molar-refractivity contribution is 5.13. The summed E-state index contributed by atoms with van der Waals surface area (Å²) in [5.74, 6) is -0.180. The molecule has 86 valence electrons. The predicted molar refractivity (Wildman–Crippen MR) is 59.4 cm³/mol. The van der Waals surface area contributed by atoms with Crippen LogP contribution in [0.4, 0.5) is 4.39 Å². The molecule has 1 aromatic heterocycles. The van der Waals surface area contributed by atoms with Crippen LogP contribution in [0.2, 0.25) is 0 Å². The summed E-state index contributed by atoms with van der Waals surface area (Å²) in [7, 11) is 0. The van der Waals surface area contributed by atoms with E-state index in [1.165, 1.54) is 19.0 Å². The summed E-state index contributed by atoms with van der Waals surface area (Å²) < 4.78 is 13.5. The van der Waals surface area contributed by atoms with E-state index < -0.39 is 0 Å². The fraction of sp³-hybridized carbons (Fsp3) is 0.583. The lowest BCUT2D eigenvalue weighted by Gasteiger charge is -2.35. The summed E-state index contributed by atoms with van der Waals surface area (Å²) in [4.78, 5) is 6.23. The summed E-state index contributed by atoms with van der Waals surface area (Å²) in [5.41, 5.74) is 0.772. The van der Waals surface area contributed by atoms with E-state index in [1.54, 1.807) is 12.3 Å². The molecule has 2 bridgehead atoms. The minimum absolute atomic E-state index is 0.180. The molecule has 2 unspecified atom stereocenters. The molecule has 0 amide bonds. The molecule has 1 N–H and O–H groups in total. The van der Waals surface area contributed by atoms with E-state index in [9.17, 15) is 4.39 Å². The first-order valence-corrected chi connectivity index (χ1v) is 5.89. The Morgan fingerprint density at radius 2 is 2.12 bits per heavy atom. The monoisotopic (exact) mass is 221 g/mol. The molecule has 0 spiro atoms. The van der Waals surface area contributed by atoms with Crippen LogP contribution < -0.4 is 5.32 Å². The van der Waals surface area contributed by atoms with Crippen LogP contribution in [0.25, 0.3) is 0 Å². The first kappa shape index (κ1) is 10.2. The van der Waals surface area contributed by atoms with E-state index in [4.69, 9.17) is 0 Å². The standard InChI is InChI=1S/C12H16FN3/c13-12-7-14-4-3-9(12)8-16-10-1-2-11(16)6-15-5-10/h3-4,7,10-11,15H,1-2,5-6,8H2. The third-order valence-corrected chi connectivity index (χ3v) is 3.74. The second kappa shape index (κ2) is 4.11. The normalized spacial score (nSPS) is 29.6. The van der Waals surface area contributed by atoms with Gasteiger partial charge in [-0.25, -0.2) is 4.39 Å². The van der Waals surface area contributed by atoms with Gasteiger partial charge in [0, 0.05) is 43.5 Å². The van der Waals surface area contributed by atoms with Crippen molar-refractivity contribution >= 4 is 0 Å². The average molecular weight is 221 g/mol. The van der Waals surface area contributed by atoms with Crippen molar-refractivity contribution in [2.75, 3.05) is 13.1 Å². The predicted octanol–water partition coefficient (Wildman–Crippen LogP) is 1.16. The molecule has 2 saturated heterocycles. The van der Waals surface area contributed by atoms with E-state index in [0.29, 0.717) is 12.1 Å². The molecule has 2 aliphatic heterocycles. The minimum Gasteiger partial charge on any atom is -0.314 e. The molecule has 16 heavy (non-hydrogen) atoms. The number of rotatable bonds is 2. The largest absolute Gasteiger partial charge is 0.314 e. The van der Waals surface area contributed by atoms with Crippen molar-refractivity contribution < 1.29 is 4.39 Å². The highest BCUT2D eigenvalue weighted by Crippen LogP contribution is 2.28. The topological polar surface area (TPSA) is 28.2 Å². The summed E-state index contributed by atoms with van der Waals surface area (Å²) in [6, 6.07) is 2.97. The van der Waals surface area contributed by atoms with Crippen LogP contribution in [0.15, 0.2) is 18.5 Å². The van der Waals surface area contributed by atoms with Gasteiger partial charge in [-0.05, 0) is 18.9 Å². The molecule has 3 rings (SSSR count). The third-order valence-electron chi connectivity index (χ3n) is 3.74. The Kier molecular flexibility index (Phi) is 2.61. The van der Waals surface area contributed by atoms with Crippen molar-refractivity contribution in [2.24, 2.45) is 0 Å². The SMILES string of the molecule is Fc1cnccc1CN1C2CCC1CNC2. The number of hydrogen-bond donors (Lipinski definition) is 1. The Morgan fingerprint density at radius 3 is 2.81 bits per heavy atom. The van der Waals surface area contributed by atoms with Gasteiger partial charge in [0.2, 0.25) is 0 Å². The van der Waals surface area contributed by atoms with Crippen LogP contribution >= 0.6 is 0 Å². The molecule has 2 atom stereocenters. The van der Waals surface area contributed by atoms with Crippen LogP contribution in [0.1, 0.15) is 18.4 Å². The second-order valence-electron chi connectivity index (χ2n) is 4.68. The van der Waals surface area contributed by atoms with Crippen molar-refractivity contribution in [1.82, 2.24) is 15.2 Å². The van der Waals surface area contributed by atoms with Gasteiger partial charge in [0.1, 0.15) is 5.82 Å². The number of fused-ring (bicyclic) bond motifs is 2. The molecule has 0 radical (unpaired) electrons. The van der Waals surface area contributed by atoms with Gasteiger partial charge in [-0.15, -0.1) is 0 Å². The number of halogens is 1. The van der Waals surface area contributed by atoms with E-state index in [2.05, 4.69) is 15.2 Å². The molecule has 0 aromatic carbocycles. The van der Waals surface area contributed by atoms with E-state index in [0.717, 1.165) is 25.2 Å². The maximum absolute atomic E-state index is 13.5. The molecule has 1 aromatic rings. The third kappa shape index (κ3) is 1.72. The molecule has 0 saturated carbocycles. The van der Waals surface area contributed by atoms with E-state index in [1.807, 2.05) is 0 Å². The number of nitrogens with zero attached hydrogens (tertiary/aromatic N) is 2. The van der Waals surface area contributed by atoms with Gasteiger partial charge in [0.15, 0.2) is 0 Å². The summed E-state index contributed by atoms with van der Waals surface area (Å²) in [6.45, 7) is 2.82. The van der Waals surface area contributed by atoms with Crippen LogP contribution in [0.5, 0.6) is 0 Å². The minimum atomic E-state index is -0.180. The number of pyridine rings is 1. The van der Waals surface area contributed by atoms with Gasteiger partial charge >= 0.3 is 0 Å². The molecule has 3 nitrogen and oxygen atoms in total. The maximum Gasteiger partial charge on any atom is 0.145 e. The first-order valence-electron chi connectivity index (χ1n) is 5.89. The first-order chi connectivity index (χ1) is 7.84. The van der Waals surface area contributed by atoms with Gasteiger partial charge < -0.3 is 5.32 Å². The highest BCUT2D eigenvalue weighted by Gasteiger charge is 2.36. The zero-order chi connectivity index (χ0) is 11.0. The lowest BCUT2D eigenvalue weighted by atomic mass is 10.1. The van der Waals surface area contributed by atoms with Crippen LogP contribution in [-0.2, 0) is 6.54 Å². The molecule has 2 aliphatic rings. The Labute approximate surface area is 94.7 Å². The highest BCUT2D eigenvalue weighted by atomic mass is 19.1. The van der Waals surface area contributed by atoms with Crippen LogP contribution in [-0.4, -0.2) is 35.1 Å². The van der Waals surface area contributed by atoms with Gasteiger partial charge in [0.05, 0.1) is 6.20 Å². The van der Waals surface area contributed by atoms with Crippen molar-refractivity contribution in [3.8, 4) is 0 Å². The maximum atomic E-state index is 13.5. The Balaban J connectivity index is 1.78. The van der Waals surface area contributed by atoms with Gasteiger partial charge in [0.25, 0.3) is 0 Å². The Hall–Kier alpha value is -1.00. The molecular weight excluding hydrogens is 205 g/mol. The number of aromatic nitrogens is 1. The zero-order valence-corrected chi connectivity index (χ0v) is 9.19. The molecule has 4 heteroatoms.